The Morgan fingerprint density at radius 2 is 2.28 bits per heavy atom. The van der Waals surface area contributed by atoms with Crippen LogP contribution in [0.15, 0.2) is 18.2 Å². The fraction of sp³-hybridized carbons (Fsp3) is 0.462. The Morgan fingerprint density at radius 1 is 1.50 bits per heavy atom. The first-order chi connectivity index (χ1) is 8.65. The molecule has 0 radical (unpaired) electrons. The lowest BCUT2D eigenvalue weighted by molar-refractivity contribution is 0.0499. The zero-order chi connectivity index (χ0) is 13.1. The number of aliphatic hydroxyl groups is 1. The lowest BCUT2D eigenvalue weighted by Gasteiger charge is -2.34. The molecule has 1 heterocycles. The van der Waals surface area contributed by atoms with Crippen LogP contribution in [0.5, 0.6) is 0 Å². The number of carbonyl (C=O) groups excluding carboxylic acids is 1. The second-order valence-electron chi connectivity index (χ2n) is 4.43. The molecule has 0 spiro atoms. The van der Waals surface area contributed by atoms with Gasteiger partial charge < -0.3 is 10.0 Å². The molecule has 1 aromatic rings. The van der Waals surface area contributed by atoms with Gasteiger partial charge in [-0.2, -0.15) is 0 Å². The van der Waals surface area contributed by atoms with Crippen LogP contribution in [0, 0.1) is 5.82 Å². The van der Waals surface area contributed by atoms with E-state index < -0.39 is 11.7 Å². The molecule has 0 saturated carbocycles. The average molecular weight is 272 g/mol. The van der Waals surface area contributed by atoms with Crippen molar-refractivity contribution in [2.75, 3.05) is 13.2 Å². The number of piperidine rings is 1. The van der Waals surface area contributed by atoms with Crippen LogP contribution in [0.2, 0.25) is 5.02 Å². The van der Waals surface area contributed by atoms with E-state index in [-0.39, 0.29) is 23.2 Å². The van der Waals surface area contributed by atoms with Crippen molar-refractivity contribution >= 4 is 17.5 Å². The minimum atomic E-state index is -0.616. The smallest absolute Gasteiger partial charge is 0.258 e. The zero-order valence-corrected chi connectivity index (χ0v) is 10.7. The number of likely N-dealkylation sites (tertiary alicyclic amines) is 1. The van der Waals surface area contributed by atoms with E-state index in [1.165, 1.54) is 23.1 Å². The number of hydrogen-bond acceptors (Lipinski definition) is 2. The lowest BCUT2D eigenvalue weighted by Crippen LogP contribution is -2.46. The number of carbonyl (C=O) groups is 1. The van der Waals surface area contributed by atoms with Crippen LogP contribution in [0.1, 0.15) is 29.6 Å². The van der Waals surface area contributed by atoms with E-state index in [4.69, 9.17) is 11.6 Å². The highest BCUT2D eigenvalue weighted by molar-refractivity contribution is 6.33. The molecule has 1 unspecified atom stereocenters. The molecule has 1 aliphatic rings. The summed E-state index contributed by atoms with van der Waals surface area (Å²) in [4.78, 5) is 13.8. The number of hydrogen-bond donors (Lipinski definition) is 1. The van der Waals surface area contributed by atoms with Gasteiger partial charge in [0, 0.05) is 6.54 Å². The molecular weight excluding hydrogens is 257 g/mol. The van der Waals surface area contributed by atoms with Crippen LogP contribution < -0.4 is 0 Å². The molecule has 18 heavy (non-hydrogen) atoms. The lowest BCUT2D eigenvalue weighted by atomic mass is 10.0. The number of amides is 1. The minimum absolute atomic E-state index is 0.0977. The summed E-state index contributed by atoms with van der Waals surface area (Å²) in [6, 6.07) is 3.95. The second-order valence-corrected chi connectivity index (χ2v) is 4.83. The normalized spacial score (nSPS) is 19.9. The summed E-state index contributed by atoms with van der Waals surface area (Å²) in [5, 5.41) is 9.39. The summed E-state index contributed by atoms with van der Waals surface area (Å²) in [5.41, 5.74) is -0.0977. The maximum Gasteiger partial charge on any atom is 0.258 e. The van der Waals surface area contributed by atoms with Gasteiger partial charge in [-0.1, -0.05) is 17.7 Å². The van der Waals surface area contributed by atoms with Crippen LogP contribution in [0.4, 0.5) is 4.39 Å². The third-order valence-corrected chi connectivity index (χ3v) is 3.59. The number of rotatable bonds is 2. The first-order valence-electron chi connectivity index (χ1n) is 6.01. The Kier molecular flexibility index (Phi) is 4.19. The fourth-order valence-electron chi connectivity index (χ4n) is 2.30. The highest BCUT2D eigenvalue weighted by atomic mass is 35.5. The third-order valence-electron chi connectivity index (χ3n) is 3.28. The molecule has 1 fully saturated rings. The van der Waals surface area contributed by atoms with Crippen LogP contribution in [-0.4, -0.2) is 35.1 Å². The van der Waals surface area contributed by atoms with E-state index >= 15 is 0 Å². The SMILES string of the molecule is O=C(c1c(F)cccc1Cl)N1CCCCC1CO. The summed E-state index contributed by atoms with van der Waals surface area (Å²) in [6.45, 7) is 0.437. The van der Waals surface area contributed by atoms with Gasteiger partial charge in [-0.15, -0.1) is 0 Å². The maximum atomic E-state index is 13.7. The second kappa shape index (κ2) is 5.67. The predicted octanol–water partition coefficient (Wildman–Crippen LogP) is 2.47. The first-order valence-corrected chi connectivity index (χ1v) is 6.38. The quantitative estimate of drug-likeness (QED) is 0.898. The Hall–Kier alpha value is -1.13. The Labute approximate surface area is 110 Å². The van der Waals surface area contributed by atoms with Gasteiger partial charge in [-0.05, 0) is 31.4 Å². The van der Waals surface area contributed by atoms with Crippen molar-refractivity contribution < 1.29 is 14.3 Å². The van der Waals surface area contributed by atoms with Crippen molar-refractivity contribution in [3.05, 3.63) is 34.6 Å². The van der Waals surface area contributed by atoms with E-state index in [0.717, 1.165) is 19.3 Å². The Balaban J connectivity index is 2.30. The van der Waals surface area contributed by atoms with Gasteiger partial charge in [0.15, 0.2) is 0 Å². The number of halogens is 2. The standard InChI is InChI=1S/C13H15ClFNO2/c14-10-5-3-6-11(15)12(10)13(18)16-7-2-1-4-9(16)8-17/h3,5-6,9,17H,1-2,4,7-8H2. The van der Waals surface area contributed by atoms with E-state index in [2.05, 4.69) is 0 Å². The zero-order valence-electron chi connectivity index (χ0n) is 9.90. The van der Waals surface area contributed by atoms with Crippen molar-refractivity contribution in [3.63, 3.8) is 0 Å². The van der Waals surface area contributed by atoms with Crippen molar-refractivity contribution in [3.8, 4) is 0 Å². The topological polar surface area (TPSA) is 40.5 Å². The molecule has 0 aliphatic carbocycles. The van der Waals surface area contributed by atoms with Crippen LogP contribution in [0.25, 0.3) is 0 Å². The van der Waals surface area contributed by atoms with Crippen molar-refractivity contribution in [2.45, 2.75) is 25.3 Å². The van der Waals surface area contributed by atoms with E-state index in [0.29, 0.717) is 6.54 Å². The first kappa shape index (κ1) is 13.3. The molecular formula is C13H15ClFNO2. The van der Waals surface area contributed by atoms with Crippen LogP contribution >= 0.6 is 11.6 Å². The molecule has 1 saturated heterocycles. The largest absolute Gasteiger partial charge is 0.394 e. The van der Waals surface area contributed by atoms with E-state index in [9.17, 15) is 14.3 Å². The highest BCUT2D eigenvalue weighted by Gasteiger charge is 2.29. The molecule has 0 bridgehead atoms. The monoisotopic (exact) mass is 271 g/mol. The fourth-order valence-corrected chi connectivity index (χ4v) is 2.55. The summed E-state index contributed by atoms with van der Waals surface area (Å²) in [5.74, 6) is -1.05. The van der Waals surface area contributed by atoms with Crippen molar-refractivity contribution in [1.29, 1.82) is 0 Å². The molecule has 3 nitrogen and oxygen atoms in total. The summed E-state index contributed by atoms with van der Waals surface area (Å²) >= 11 is 5.88. The highest BCUT2D eigenvalue weighted by Crippen LogP contribution is 2.25. The minimum Gasteiger partial charge on any atom is -0.394 e. The van der Waals surface area contributed by atoms with Gasteiger partial charge in [0.05, 0.1) is 23.2 Å². The van der Waals surface area contributed by atoms with Gasteiger partial charge >= 0.3 is 0 Å². The van der Waals surface area contributed by atoms with E-state index in [1.807, 2.05) is 0 Å². The van der Waals surface area contributed by atoms with Gasteiger partial charge in [0.1, 0.15) is 5.82 Å². The molecule has 1 aliphatic heterocycles. The molecule has 2 rings (SSSR count). The number of benzene rings is 1. The Bertz CT molecular complexity index is 432. The van der Waals surface area contributed by atoms with E-state index in [1.54, 1.807) is 0 Å². The third kappa shape index (κ3) is 2.49. The summed E-state index contributed by atoms with van der Waals surface area (Å²) in [6.07, 6.45) is 2.59. The molecule has 0 aromatic heterocycles. The average Bonchev–Trinajstić information content (AvgIpc) is 2.38. The van der Waals surface area contributed by atoms with Gasteiger partial charge in [0.2, 0.25) is 0 Å². The van der Waals surface area contributed by atoms with Gasteiger partial charge in [-0.25, -0.2) is 4.39 Å². The molecule has 5 heteroatoms. The predicted molar refractivity (Wildman–Crippen MR) is 67.2 cm³/mol. The van der Waals surface area contributed by atoms with Crippen LogP contribution in [-0.2, 0) is 0 Å². The molecule has 98 valence electrons. The van der Waals surface area contributed by atoms with Crippen molar-refractivity contribution in [2.24, 2.45) is 0 Å². The summed E-state index contributed by atoms with van der Waals surface area (Å²) in [7, 11) is 0. The number of aliphatic hydroxyl groups excluding tert-OH is 1. The Morgan fingerprint density at radius 3 is 2.94 bits per heavy atom. The number of nitrogens with zero attached hydrogens (tertiary/aromatic N) is 1. The van der Waals surface area contributed by atoms with Gasteiger partial charge in [-0.3, -0.25) is 4.79 Å². The van der Waals surface area contributed by atoms with Crippen LogP contribution in [0.3, 0.4) is 0 Å². The molecule has 1 atom stereocenters. The molecule has 1 amide bonds. The summed E-state index contributed by atoms with van der Waals surface area (Å²) < 4.78 is 13.7. The van der Waals surface area contributed by atoms with Gasteiger partial charge in [0.25, 0.3) is 5.91 Å². The van der Waals surface area contributed by atoms with Crippen molar-refractivity contribution in [1.82, 2.24) is 4.90 Å². The maximum absolute atomic E-state index is 13.7. The molecule has 1 N–H and O–H groups in total. The molecule has 1 aromatic carbocycles.